The van der Waals surface area contributed by atoms with Crippen molar-refractivity contribution in [3.63, 3.8) is 0 Å². The number of rotatable bonds is 2. The maximum Gasteiger partial charge on any atom is 0.0705 e. The molecule has 3 heterocycles. The Hall–Kier alpha value is -0.870. The number of halogens is 2. The molecule has 1 spiro atoms. The summed E-state index contributed by atoms with van der Waals surface area (Å²) in [5.74, 6) is 0. The highest BCUT2D eigenvalue weighted by Gasteiger charge is 2.40. The third-order valence-electron chi connectivity index (χ3n) is 4.89. The van der Waals surface area contributed by atoms with Gasteiger partial charge in [0.15, 0.2) is 0 Å². The van der Waals surface area contributed by atoms with E-state index >= 15 is 0 Å². The van der Waals surface area contributed by atoms with E-state index in [2.05, 4.69) is 46.6 Å². The summed E-state index contributed by atoms with van der Waals surface area (Å²) in [6.45, 7) is 5.84. The van der Waals surface area contributed by atoms with E-state index in [-0.39, 0.29) is 24.8 Å². The van der Waals surface area contributed by atoms with Gasteiger partial charge >= 0.3 is 0 Å². The summed E-state index contributed by atoms with van der Waals surface area (Å²) >= 11 is 0. The van der Waals surface area contributed by atoms with Gasteiger partial charge in [0.2, 0.25) is 0 Å². The van der Waals surface area contributed by atoms with Crippen molar-refractivity contribution in [1.29, 1.82) is 0 Å². The van der Waals surface area contributed by atoms with Crippen LogP contribution in [0.1, 0.15) is 18.5 Å². The molecule has 1 atom stereocenters. The van der Waals surface area contributed by atoms with Gasteiger partial charge in [-0.15, -0.1) is 24.8 Å². The van der Waals surface area contributed by atoms with Crippen molar-refractivity contribution in [1.82, 2.24) is 15.2 Å². The quantitative estimate of drug-likeness (QED) is 0.910. The van der Waals surface area contributed by atoms with Crippen LogP contribution < -0.4 is 5.32 Å². The number of likely N-dealkylation sites (tertiary alicyclic amines) is 1. The minimum Gasteiger partial charge on any atom is -0.316 e. The molecule has 2 aliphatic heterocycles. The summed E-state index contributed by atoms with van der Waals surface area (Å²) in [6.07, 6.45) is 2.68. The number of nitrogens with one attached hydrogen (secondary N) is 1. The van der Waals surface area contributed by atoms with Crippen LogP contribution in [0.5, 0.6) is 0 Å². The van der Waals surface area contributed by atoms with Crippen molar-refractivity contribution in [3.05, 3.63) is 42.1 Å². The Morgan fingerprint density at radius 1 is 1.09 bits per heavy atom. The molecule has 0 bridgehead atoms. The highest BCUT2D eigenvalue weighted by atomic mass is 35.5. The third kappa shape index (κ3) is 3.38. The average molecular weight is 340 g/mol. The molecule has 2 aliphatic rings. The molecule has 1 unspecified atom stereocenters. The molecule has 120 valence electrons. The Morgan fingerprint density at radius 2 is 1.95 bits per heavy atom. The first kappa shape index (κ1) is 17.5. The van der Waals surface area contributed by atoms with Crippen molar-refractivity contribution in [2.24, 2.45) is 5.41 Å². The van der Waals surface area contributed by atoms with E-state index in [9.17, 15) is 0 Å². The standard InChI is InChI=1S/C17H21N3.2ClH/c1-2-4-16-14(3-1)5-6-15(19-16)11-20-10-8-17(13-20)7-9-18-12-17;;/h1-6,18H,7-13H2;2*1H. The van der Waals surface area contributed by atoms with Gasteiger partial charge in [0.25, 0.3) is 0 Å². The molecule has 1 N–H and O–H groups in total. The predicted octanol–water partition coefficient (Wildman–Crippen LogP) is 3.26. The van der Waals surface area contributed by atoms with Crippen LogP contribution in [0, 0.1) is 5.41 Å². The molecule has 5 heteroatoms. The minimum atomic E-state index is 0. The fourth-order valence-corrected chi connectivity index (χ4v) is 3.73. The Morgan fingerprint density at radius 3 is 2.77 bits per heavy atom. The lowest BCUT2D eigenvalue weighted by molar-refractivity contribution is 0.266. The molecule has 0 amide bonds. The van der Waals surface area contributed by atoms with Crippen LogP contribution in [0.3, 0.4) is 0 Å². The zero-order valence-corrected chi connectivity index (χ0v) is 14.3. The maximum absolute atomic E-state index is 4.80. The van der Waals surface area contributed by atoms with E-state index in [1.165, 1.54) is 50.1 Å². The fraction of sp³-hybridized carbons (Fsp3) is 0.471. The number of fused-ring (bicyclic) bond motifs is 1. The second kappa shape index (κ2) is 7.14. The van der Waals surface area contributed by atoms with Crippen molar-refractivity contribution in [2.45, 2.75) is 19.4 Å². The number of para-hydroxylation sites is 1. The molecule has 2 fully saturated rings. The van der Waals surface area contributed by atoms with Crippen LogP contribution in [-0.2, 0) is 6.54 Å². The highest BCUT2D eigenvalue weighted by Crippen LogP contribution is 2.36. The number of aromatic nitrogens is 1. The van der Waals surface area contributed by atoms with Crippen molar-refractivity contribution >= 4 is 35.7 Å². The molecule has 0 saturated carbocycles. The van der Waals surface area contributed by atoms with Gasteiger partial charge in [-0.25, -0.2) is 0 Å². The van der Waals surface area contributed by atoms with Crippen LogP contribution in [0.4, 0.5) is 0 Å². The first-order valence-electron chi connectivity index (χ1n) is 7.61. The molecule has 1 aromatic carbocycles. The van der Waals surface area contributed by atoms with Gasteiger partial charge in [0, 0.05) is 25.0 Å². The molecular weight excluding hydrogens is 317 g/mol. The van der Waals surface area contributed by atoms with Crippen LogP contribution in [0.15, 0.2) is 36.4 Å². The lowest BCUT2D eigenvalue weighted by Gasteiger charge is -2.22. The molecule has 22 heavy (non-hydrogen) atoms. The molecule has 4 rings (SSSR count). The first-order valence-corrected chi connectivity index (χ1v) is 7.61. The van der Waals surface area contributed by atoms with Gasteiger partial charge in [-0.2, -0.15) is 0 Å². The summed E-state index contributed by atoms with van der Waals surface area (Å²) in [6, 6.07) is 12.7. The van der Waals surface area contributed by atoms with E-state index in [0.29, 0.717) is 5.41 Å². The van der Waals surface area contributed by atoms with Gasteiger partial charge in [-0.05, 0) is 43.5 Å². The van der Waals surface area contributed by atoms with Crippen molar-refractivity contribution in [2.75, 3.05) is 26.2 Å². The zero-order chi connectivity index (χ0) is 13.4. The number of hydrogen-bond donors (Lipinski definition) is 1. The highest BCUT2D eigenvalue weighted by molar-refractivity contribution is 5.85. The number of benzene rings is 1. The summed E-state index contributed by atoms with van der Waals surface area (Å²) in [5, 5.41) is 4.75. The maximum atomic E-state index is 4.80. The summed E-state index contributed by atoms with van der Waals surface area (Å²) in [7, 11) is 0. The molecule has 1 aromatic heterocycles. The van der Waals surface area contributed by atoms with Gasteiger partial charge in [-0.3, -0.25) is 9.88 Å². The number of hydrogen-bond acceptors (Lipinski definition) is 3. The summed E-state index contributed by atoms with van der Waals surface area (Å²) in [5.41, 5.74) is 2.87. The van der Waals surface area contributed by atoms with E-state index in [1.54, 1.807) is 0 Å². The lowest BCUT2D eigenvalue weighted by Crippen LogP contribution is -2.29. The minimum absolute atomic E-state index is 0. The number of nitrogens with zero attached hydrogens (tertiary/aromatic N) is 2. The largest absolute Gasteiger partial charge is 0.316 e. The average Bonchev–Trinajstić information content (AvgIpc) is 3.09. The van der Waals surface area contributed by atoms with E-state index in [1.807, 2.05) is 0 Å². The van der Waals surface area contributed by atoms with Crippen molar-refractivity contribution < 1.29 is 0 Å². The Labute approximate surface area is 144 Å². The molecular formula is C17H23Cl2N3. The third-order valence-corrected chi connectivity index (χ3v) is 4.89. The van der Waals surface area contributed by atoms with E-state index < -0.39 is 0 Å². The van der Waals surface area contributed by atoms with Gasteiger partial charge < -0.3 is 5.32 Å². The summed E-state index contributed by atoms with van der Waals surface area (Å²) < 4.78 is 0. The first-order chi connectivity index (χ1) is 9.83. The Bertz CT molecular complexity index is 626. The lowest BCUT2D eigenvalue weighted by atomic mass is 9.87. The summed E-state index contributed by atoms with van der Waals surface area (Å²) in [4.78, 5) is 7.37. The van der Waals surface area contributed by atoms with Gasteiger partial charge in [0.1, 0.15) is 0 Å². The molecule has 0 radical (unpaired) electrons. The van der Waals surface area contributed by atoms with E-state index in [4.69, 9.17) is 4.98 Å². The van der Waals surface area contributed by atoms with Crippen LogP contribution in [0.2, 0.25) is 0 Å². The predicted molar refractivity (Wildman–Crippen MR) is 96.1 cm³/mol. The topological polar surface area (TPSA) is 28.2 Å². The Kier molecular flexibility index (Phi) is 5.67. The zero-order valence-electron chi connectivity index (χ0n) is 12.6. The van der Waals surface area contributed by atoms with Crippen LogP contribution in [0.25, 0.3) is 10.9 Å². The monoisotopic (exact) mass is 339 g/mol. The second-order valence-corrected chi connectivity index (χ2v) is 6.38. The van der Waals surface area contributed by atoms with Crippen LogP contribution in [-0.4, -0.2) is 36.1 Å². The molecule has 0 aliphatic carbocycles. The number of pyridine rings is 1. The normalized spacial score (nSPS) is 24.4. The fourth-order valence-electron chi connectivity index (χ4n) is 3.73. The molecule has 3 nitrogen and oxygen atoms in total. The molecule has 2 aromatic rings. The second-order valence-electron chi connectivity index (χ2n) is 6.38. The Balaban J connectivity index is 0.000000882. The molecule has 2 saturated heterocycles. The van der Waals surface area contributed by atoms with Gasteiger partial charge in [-0.1, -0.05) is 24.3 Å². The van der Waals surface area contributed by atoms with Gasteiger partial charge in [0.05, 0.1) is 11.2 Å². The smallest absolute Gasteiger partial charge is 0.0705 e. The van der Waals surface area contributed by atoms with Crippen LogP contribution >= 0.6 is 24.8 Å². The van der Waals surface area contributed by atoms with E-state index in [0.717, 1.165) is 12.1 Å². The SMILES string of the molecule is Cl.Cl.c1ccc2nc(CN3CCC4(CCNC4)C3)ccc2c1. The van der Waals surface area contributed by atoms with Crippen molar-refractivity contribution in [3.8, 4) is 0 Å².